The highest BCUT2D eigenvalue weighted by Crippen LogP contribution is 2.35. The second kappa shape index (κ2) is 10.0. The second-order valence-corrected chi connectivity index (χ2v) is 5.62. The lowest BCUT2D eigenvalue weighted by Crippen LogP contribution is -2.65. The minimum absolute atomic E-state index is 0.0332. The van der Waals surface area contributed by atoms with Crippen molar-refractivity contribution in [2.75, 3.05) is 27.9 Å². The van der Waals surface area contributed by atoms with Crippen LogP contribution in [0.4, 0.5) is 0 Å². The molecule has 0 fully saturated rings. The van der Waals surface area contributed by atoms with E-state index in [4.69, 9.17) is 28.4 Å². The van der Waals surface area contributed by atoms with Crippen LogP contribution in [0, 0.1) is 0 Å². The summed E-state index contributed by atoms with van der Waals surface area (Å²) < 4.78 is 31.2. The SMILES string of the molecule is C=C(C)C(=O)OCC(OC(=O)C(=C)C)(OC(=O)C(=C)C)C(OC)(OC)OC. The summed E-state index contributed by atoms with van der Waals surface area (Å²) in [6, 6.07) is 0. The topological polar surface area (TPSA) is 107 Å². The maximum atomic E-state index is 12.2. The molecular weight excluding hydrogens is 360 g/mol. The first kappa shape index (κ1) is 24.5. The highest BCUT2D eigenvalue weighted by molar-refractivity contribution is 5.89. The maximum Gasteiger partial charge on any atom is 0.374 e. The van der Waals surface area contributed by atoms with Crippen molar-refractivity contribution in [3.8, 4) is 0 Å². The lowest BCUT2D eigenvalue weighted by molar-refractivity contribution is -0.468. The number of methoxy groups -OCH3 is 3. The number of carbonyl (C=O) groups excluding carboxylic acids is 3. The molecule has 9 heteroatoms. The third-order valence-corrected chi connectivity index (χ3v) is 3.23. The lowest BCUT2D eigenvalue weighted by atomic mass is 10.2. The Kier molecular flexibility index (Phi) is 9.08. The zero-order chi connectivity index (χ0) is 21.4. The minimum Gasteiger partial charge on any atom is -0.454 e. The van der Waals surface area contributed by atoms with Gasteiger partial charge in [-0.05, 0) is 20.8 Å². The van der Waals surface area contributed by atoms with Gasteiger partial charge in [0.15, 0.2) is 6.61 Å². The molecule has 0 bridgehead atoms. The molecule has 152 valence electrons. The number of ether oxygens (including phenoxy) is 6. The number of rotatable bonds is 11. The van der Waals surface area contributed by atoms with Crippen LogP contribution < -0.4 is 0 Å². The van der Waals surface area contributed by atoms with Crippen LogP contribution in [0.25, 0.3) is 0 Å². The molecule has 9 nitrogen and oxygen atoms in total. The highest BCUT2D eigenvalue weighted by Gasteiger charge is 2.63. The van der Waals surface area contributed by atoms with E-state index >= 15 is 0 Å². The van der Waals surface area contributed by atoms with Gasteiger partial charge in [-0.3, -0.25) is 0 Å². The van der Waals surface area contributed by atoms with Crippen molar-refractivity contribution in [1.82, 2.24) is 0 Å². The molecule has 0 spiro atoms. The Bertz CT molecular complexity index is 592. The summed E-state index contributed by atoms with van der Waals surface area (Å²) in [5, 5.41) is 0. The normalized spacial score (nSPS) is 11.3. The summed E-state index contributed by atoms with van der Waals surface area (Å²) in [6.07, 6.45) is 0. The van der Waals surface area contributed by atoms with E-state index in [2.05, 4.69) is 19.7 Å². The van der Waals surface area contributed by atoms with Crippen LogP contribution in [0.2, 0.25) is 0 Å². The van der Waals surface area contributed by atoms with Crippen molar-refractivity contribution in [2.45, 2.75) is 32.5 Å². The van der Waals surface area contributed by atoms with Crippen LogP contribution >= 0.6 is 0 Å². The van der Waals surface area contributed by atoms with E-state index in [-0.39, 0.29) is 16.7 Å². The monoisotopic (exact) mass is 386 g/mol. The smallest absolute Gasteiger partial charge is 0.374 e. The van der Waals surface area contributed by atoms with Crippen molar-refractivity contribution < 1.29 is 42.8 Å². The average Bonchev–Trinajstić information content (AvgIpc) is 2.60. The van der Waals surface area contributed by atoms with Gasteiger partial charge < -0.3 is 28.4 Å². The number of hydrogen-bond donors (Lipinski definition) is 0. The van der Waals surface area contributed by atoms with E-state index in [0.29, 0.717) is 0 Å². The summed E-state index contributed by atoms with van der Waals surface area (Å²) in [5.74, 6) is -7.56. The third kappa shape index (κ3) is 5.75. The summed E-state index contributed by atoms with van der Waals surface area (Å²) in [4.78, 5) is 36.3. The molecule has 0 aliphatic carbocycles. The van der Waals surface area contributed by atoms with Crippen molar-refractivity contribution >= 4 is 17.9 Å². The first-order valence-corrected chi connectivity index (χ1v) is 7.67. The van der Waals surface area contributed by atoms with Crippen molar-refractivity contribution in [2.24, 2.45) is 0 Å². The Hall–Kier alpha value is -2.49. The van der Waals surface area contributed by atoms with Gasteiger partial charge in [-0.25, -0.2) is 14.4 Å². The predicted molar refractivity (Wildman–Crippen MR) is 94.1 cm³/mol. The van der Waals surface area contributed by atoms with Crippen LogP contribution in [-0.2, 0) is 42.8 Å². The standard InChI is InChI=1S/C18H26O9/c1-11(2)14(19)25-10-17(26-15(20)12(3)4,27-16(21)13(5)6)18(22-7,23-8)24-9/h1,3,5,10H2,2,4,6-9H3. The average molecular weight is 386 g/mol. The lowest BCUT2D eigenvalue weighted by Gasteiger charge is -2.43. The molecule has 0 saturated carbocycles. The second-order valence-electron chi connectivity index (χ2n) is 5.62. The molecule has 0 saturated heterocycles. The summed E-state index contributed by atoms with van der Waals surface area (Å²) in [6.45, 7) is 13.7. The van der Waals surface area contributed by atoms with Gasteiger partial charge in [0, 0.05) is 38.0 Å². The Balaban J connectivity index is 6.39. The van der Waals surface area contributed by atoms with E-state index in [1.54, 1.807) is 0 Å². The molecule has 0 rings (SSSR count). The number of hydrogen-bond acceptors (Lipinski definition) is 9. The molecule has 0 unspecified atom stereocenters. The fourth-order valence-corrected chi connectivity index (χ4v) is 1.77. The molecule has 0 aromatic heterocycles. The molecule has 0 N–H and O–H groups in total. The van der Waals surface area contributed by atoms with E-state index in [1.807, 2.05) is 0 Å². The summed E-state index contributed by atoms with van der Waals surface area (Å²) in [5.41, 5.74) is -0.0115. The number of carbonyl (C=O) groups is 3. The zero-order valence-electron chi connectivity index (χ0n) is 16.5. The largest absolute Gasteiger partial charge is 0.454 e. The van der Waals surface area contributed by atoms with E-state index in [0.717, 1.165) is 21.3 Å². The first-order valence-electron chi connectivity index (χ1n) is 7.67. The molecule has 27 heavy (non-hydrogen) atoms. The van der Waals surface area contributed by atoms with Crippen LogP contribution in [0.3, 0.4) is 0 Å². The fourth-order valence-electron chi connectivity index (χ4n) is 1.77. The highest BCUT2D eigenvalue weighted by atomic mass is 16.9. The van der Waals surface area contributed by atoms with Gasteiger partial charge in [0.1, 0.15) is 0 Å². The van der Waals surface area contributed by atoms with E-state index < -0.39 is 36.3 Å². The predicted octanol–water partition coefficient (Wildman–Crippen LogP) is 1.63. The Morgan fingerprint density at radius 3 is 1.30 bits per heavy atom. The Morgan fingerprint density at radius 2 is 1.04 bits per heavy atom. The van der Waals surface area contributed by atoms with Gasteiger partial charge in [-0.15, -0.1) is 0 Å². The van der Waals surface area contributed by atoms with Gasteiger partial charge in [0.05, 0.1) is 0 Å². The van der Waals surface area contributed by atoms with E-state index in [9.17, 15) is 14.4 Å². The summed E-state index contributed by atoms with van der Waals surface area (Å²) in [7, 11) is 3.43. The maximum absolute atomic E-state index is 12.2. The van der Waals surface area contributed by atoms with Crippen LogP contribution in [0.1, 0.15) is 20.8 Å². The van der Waals surface area contributed by atoms with Gasteiger partial charge in [0.25, 0.3) is 0 Å². The molecule has 0 radical (unpaired) electrons. The van der Waals surface area contributed by atoms with Crippen LogP contribution in [0.15, 0.2) is 36.5 Å². The quantitative estimate of drug-likeness (QED) is 0.297. The molecule has 0 aromatic carbocycles. The van der Waals surface area contributed by atoms with Gasteiger partial charge in [-0.1, -0.05) is 19.7 Å². The van der Waals surface area contributed by atoms with E-state index in [1.165, 1.54) is 20.8 Å². The van der Waals surface area contributed by atoms with Gasteiger partial charge in [0.2, 0.25) is 0 Å². The van der Waals surface area contributed by atoms with Crippen LogP contribution in [-0.4, -0.2) is 57.6 Å². The number of esters is 3. The molecule has 0 aliphatic heterocycles. The third-order valence-electron chi connectivity index (χ3n) is 3.23. The minimum atomic E-state index is -2.48. The zero-order valence-corrected chi connectivity index (χ0v) is 16.5. The van der Waals surface area contributed by atoms with Crippen molar-refractivity contribution in [3.63, 3.8) is 0 Å². The molecule has 0 amide bonds. The molecule has 0 aromatic rings. The summed E-state index contributed by atoms with van der Waals surface area (Å²) >= 11 is 0. The molecule has 0 aliphatic rings. The van der Waals surface area contributed by atoms with Crippen LogP contribution in [0.5, 0.6) is 0 Å². The Labute approximate surface area is 158 Å². The van der Waals surface area contributed by atoms with Gasteiger partial charge in [-0.2, -0.15) is 0 Å². The first-order chi connectivity index (χ1) is 12.4. The molecular formula is C18H26O9. The van der Waals surface area contributed by atoms with Gasteiger partial charge >= 0.3 is 29.7 Å². The molecule has 0 heterocycles. The fraction of sp³-hybridized carbons (Fsp3) is 0.500. The van der Waals surface area contributed by atoms with Crippen molar-refractivity contribution in [3.05, 3.63) is 36.5 Å². The van der Waals surface area contributed by atoms with Crippen molar-refractivity contribution in [1.29, 1.82) is 0 Å². The Morgan fingerprint density at radius 1 is 0.704 bits per heavy atom. The molecule has 0 atom stereocenters.